The van der Waals surface area contributed by atoms with E-state index in [1.165, 1.54) is 0 Å². The van der Waals surface area contributed by atoms with Gasteiger partial charge in [0.05, 0.1) is 6.54 Å². The first-order chi connectivity index (χ1) is 5.22. The summed E-state index contributed by atoms with van der Waals surface area (Å²) in [5, 5.41) is 5.17. The summed E-state index contributed by atoms with van der Waals surface area (Å²) in [4.78, 5) is 4.37. The van der Waals surface area contributed by atoms with Crippen molar-refractivity contribution in [2.45, 2.75) is 38.5 Å². The van der Waals surface area contributed by atoms with Crippen molar-refractivity contribution in [3.05, 3.63) is 0 Å². The molecule has 0 radical (unpaired) electrons. The van der Waals surface area contributed by atoms with Crippen LogP contribution in [-0.4, -0.2) is 23.0 Å². The Labute approximate surface area is 72.9 Å². The lowest BCUT2D eigenvalue weighted by Crippen LogP contribution is -2.29. The maximum Gasteiger partial charge on any atom is 0.157 e. The van der Waals surface area contributed by atoms with Crippen molar-refractivity contribution in [3.8, 4) is 0 Å². The lowest BCUT2D eigenvalue weighted by Gasteiger charge is -2.11. The van der Waals surface area contributed by atoms with Crippen molar-refractivity contribution in [2.75, 3.05) is 6.54 Å². The summed E-state index contributed by atoms with van der Waals surface area (Å²) in [6.45, 7) is 7.55. The fourth-order valence-corrected chi connectivity index (χ4v) is 1.82. The highest BCUT2D eigenvalue weighted by atomic mass is 32.2. The van der Waals surface area contributed by atoms with Crippen LogP contribution in [0.2, 0.25) is 0 Å². The summed E-state index contributed by atoms with van der Waals surface area (Å²) >= 11 is 1.85. The molecule has 1 heterocycles. The minimum absolute atomic E-state index is 0.562. The molecule has 2 atom stereocenters. The Morgan fingerprint density at radius 3 is 3.00 bits per heavy atom. The third-order valence-electron chi connectivity index (χ3n) is 1.79. The number of rotatable bonds is 2. The lowest BCUT2D eigenvalue weighted by atomic mass is 10.3. The van der Waals surface area contributed by atoms with E-state index in [1.807, 2.05) is 11.8 Å². The van der Waals surface area contributed by atoms with Crippen molar-refractivity contribution in [2.24, 2.45) is 4.99 Å². The van der Waals surface area contributed by atoms with Crippen LogP contribution in [-0.2, 0) is 0 Å². The van der Waals surface area contributed by atoms with Crippen LogP contribution in [0.25, 0.3) is 0 Å². The zero-order valence-electron chi connectivity index (χ0n) is 7.42. The monoisotopic (exact) mass is 172 g/mol. The molecule has 11 heavy (non-hydrogen) atoms. The third kappa shape index (κ3) is 2.73. The van der Waals surface area contributed by atoms with E-state index in [0.29, 0.717) is 11.3 Å². The molecule has 1 N–H and O–H groups in total. The van der Waals surface area contributed by atoms with Gasteiger partial charge in [-0.15, -0.1) is 0 Å². The average molecular weight is 172 g/mol. The number of thioether (sulfide) groups is 1. The summed E-state index contributed by atoms with van der Waals surface area (Å²) in [6.07, 6.45) is 1.16. The van der Waals surface area contributed by atoms with Crippen LogP contribution in [0.4, 0.5) is 0 Å². The summed E-state index contributed by atoms with van der Waals surface area (Å²) in [5.74, 6) is 0. The zero-order chi connectivity index (χ0) is 8.27. The molecule has 0 saturated heterocycles. The number of aliphatic imine (C=N–C) groups is 1. The smallest absolute Gasteiger partial charge is 0.157 e. The Morgan fingerprint density at radius 2 is 2.55 bits per heavy atom. The standard InChI is InChI=1S/C8H16N2S/c1-4-6(2)10-8-9-5-7(3)11-8/h6-7H,4-5H2,1-3H3,(H,9,10)/t6-,7-/m0/s1. The molecule has 0 saturated carbocycles. The minimum atomic E-state index is 0.562. The molecule has 0 bridgehead atoms. The maximum absolute atomic E-state index is 4.37. The molecule has 1 aliphatic heterocycles. The van der Waals surface area contributed by atoms with Crippen LogP contribution >= 0.6 is 11.8 Å². The van der Waals surface area contributed by atoms with Gasteiger partial charge < -0.3 is 5.32 Å². The number of nitrogens with one attached hydrogen (secondary N) is 1. The Kier molecular flexibility index (Phi) is 3.24. The average Bonchev–Trinajstić information content (AvgIpc) is 2.35. The fraction of sp³-hybridized carbons (Fsp3) is 0.875. The second kappa shape index (κ2) is 4.00. The highest BCUT2D eigenvalue weighted by Gasteiger charge is 2.15. The highest BCUT2D eigenvalue weighted by molar-refractivity contribution is 8.14. The summed E-state index contributed by atoms with van der Waals surface area (Å²) < 4.78 is 0. The molecular formula is C8H16N2S. The van der Waals surface area contributed by atoms with Crippen molar-refractivity contribution in [1.82, 2.24) is 5.32 Å². The van der Waals surface area contributed by atoms with Gasteiger partial charge in [-0.25, -0.2) is 0 Å². The molecule has 0 amide bonds. The molecule has 3 heteroatoms. The van der Waals surface area contributed by atoms with Crippen molar-refractivity contribution < 1.29 is 0 Å². The first kappa shape index (κ1) is 8.91. The fourth-order valence-electron chi connectivity index (χ4n) is 0.869. The molecule has 0 unspecified atom stereocenters. The maximum atomic E-state index is 4.37. The van der Waals surface area contributed by atoms with Gasteiger partial charge in [0.25, 0.3) is 0 Å². The minimum Gasteiger partial charge on any atom is -0.362 e. The highest BCUT2D eigenvalue weighted by Crippen LogP contribution is 2.18. The van der Waals surface area contributed by atoms with Crippen LogP contribution < -0.4 is 5.32 Å². The van der Waals surface area contributed by atoms with Crippen molar-refractivity contribution in [3.63, 3.8) is 0 Å². The van der Waals surface area contributed by atoms with Gasteiger partial charge in [-0.3, -0.25) is 4.99 Å². The molecule has 0 aromatic rings. The van der Waals surface area contributed by atoms with E-state index < -0.39 is 0 Å². The summed E-state index contributed by atoms with van der Waals surface area (Å²) in [5.41, 5.74) is 0. The zero-order valence-corrected chi connectivity index (χ0v) is 8.24. The van der Waals surface area contributed by atoms with E-state index in [9.17, 15) is 0 Å². The molecule has 1 rings (SSSR count). The van der Waals surface area contributed by atoms with Gasteiger partial charge >= 0.3 is 0 Å². The summed E-state index contributed by atoms with van der Waals surface area (Å²) in [7, 11) is 0. The first-order valence-corrected chi connectivity index (χ1v) is 5.08. The van der Waals surface area contributed by atoms with Crippen LogP contribution in [0.15, 0.2) is 4.99 Å². The molecule has 0 fully saturated rings. The van der Waals surface area contributed by atoms with Gasteiger partial charge in [-0.05, 0) is 13.3 Å². The molecule has 0 aliphatic carbocycles. The molecule has 2 nitrogen and oxygen atoms in total. The number of hydrogen-bond acceptors (Lipinski definition) is 3. The van der Waals surface area contributed by atoms with Crippen LogP contribution in [0.3, 0.4) is 0 Å². The Morgan fingerprint density at radius 1 is 1.82 bits per heavy atom. The first-order valence-electron chi connectivity index (χ1n) is 4.20. The normalized spacial score (nSPS) is 26.5. The van der Waals surface area contributed by atoms with E-state index in [4.69, 9.17) is 0 Å². The molecular weight excluding hydrogens is 156 g/mol. The van der Waals surface area contributed by atoms with Gasteiger partial charge in [-0.2, -0.15) is 0 Å². The second-order valence-corrected chi connectivity index (χ2v) is 4.46. The van der Waals surface area contributed by atoms with Gasteiger partial charge in [0, 0.05) is 11.3 Å². The van der Waals surface area contributed by atoms with E-state index in [1.54, 1.807) is 0 Å². The topological polar surface area (TPSA) is 24.4 Å². The quantitative estimate of drug-likeness (QED) is 0.687. The van der Waals surface area contributed by atoms with E-state index >= 15 is 0 Å². The van der Waals surface area contributed by atoms with Gasteiger partial charge in [0.1, 0.15) is 0 Å². The van der Waals surface area contributed by atoms with Gasteiger partial charge in [0.15, 0.2) is 5.17 Å². The molecule has 64 valence electrons. The number of hydrogen-bond donors (Lipinski definition) is 1. The SMILES string of the molecule is CC[C@H](C)NC1=NC[C@H](C)S1. The van der Waals surface area contributed by atoms with Gasteiger partial charge in [0.2, 0.25) is 0 Å². The third-order valence-corrected chi connectivity index (χ3v) is 2.81. The van der Waals surface area contributed by atoms with E-state index in [0.717, 1.165) is 18.1 Å². The van der Waals surface area contributed by atoms with Crippen LogP contribution in [0.1, 0.15) is 27.2 Å². The summed E-state index contributed by atoms with van der Waals surface area (Å²) in [6, 6.07) is 0.562. The predicted molar refractivity (Wildman–Crippen MR) is 52.2 cm³/mol. The molecule has 0 aromatic heterocycles. The number of nitrogens with zero attached hydrogens (tertiary/aromatic N) is 1. The molecule has 0 aromatic carbocycles. The Bertz CT molecular complexity index is 156. The van der Waals surface area contributed by atoms with E-state index in [-0.39, 0.29) is 0 Å². The van der Waals surface area contributed by atoms with Crippen LogP contribution in [0, 0.1) is 0 Å². The Balaban J connectivity index is 2.27. The Hall–Kier alpha value is -0.180. The lowest BCUT2D eigenvalue weighted by molar-refractivity contribution is 0.646. The van der Waals surface area contributed by atoms with Crippen molar-refractivity contribution in [1.29, 1.82) is 0 Å². The molecule has 0 spiro atoms. The van der Waals surface area contributed by atoms with E-state index in [2.05, 4.69) is 31.1 Å². The van der Waals surface area contributed by atoms with Gasteiger partial charge in [-0.1, -0.05) is 25.6 Å². The van der Waals surface area contributed by atoms with Crippen LogP contribution in [0.5, 0.6) is 0 Å². The second-order valence-electron chi connectivity index (χ2n) is 3.03. The largest absolute Gasteiger partial charge is 0.362 e. The van der Waals surface area contributed by atoms with Crippen molar-refractivity contribution >= 4 is 16.9 Å². The molecule has 1 aliphatic rings. The number of amidine groups is 1. The predicted octanol–water partition coefficient (Wildman–Crippen LogP) is 1.87.